The Morgan fingerprint density at radius 3 is 1.17 bits per heavy atom. The van der Waals surface area contributed by atoms with E-state index in [1.807, 2.05) is 66.9 Å². The molecule has 0 spiro atoms. The number of carbonyl (C=O) groups is 3. The number of aromatic hydroxyl groups is 1. The van der Waals surface area contributed by atoms with E-state index < -0.39 is 59.7 Å². The second-order valence-corrected chi connectivity index (χ2v) is 22.5. The molecular formula is C59H57F3N6O13S3. The number of sulfone groups is 2. The molecule has 3 heterocycles. The Hall–Kier alpha value is -9.20. The first kappa shape index (κ1) is 64.0. The van der Waals surface area contributed by atoms with E-state index in [-0.39, 0.29) is 83.9 Å². The fourth-order valence-electron chi connectivity index (χ4n) is 7.22. The number of nitrogens with one attached hydrogen (secondary N) is 3. The van der Waals surface area contributed by atoms with Crippen molar-refractivity contribution in [1.29, 1.82) is 0 Å². The van der Waals surface area contributed by atoms with Gasteiger partial charge in [0.05, 0.1) is 21.3 Å². The molecule has 0 bridgehead atoms. The number of benzene rings is 5. The molecule has 3 amide bonds. The van der Waals surface area contributed by atoms with E-state index in [9.17, 15) is 49.5 Å². The molecule has 0 saturated heterocycles. The van der Waals surface area contributed by atoms with E-state index in [1.165, 1.54) is 99.8 Å². The van der Waals surface area contributed by atoms with Crippen LogP contribution in [0, 0.1) is 17.5 Å². The van der Waals surface area contributed by atoms with Gasteiger partial charge in [-0.25, -0.2) is 45.0 Å². The Balaban J connectivity index is 0.000000204. The fourth-order valence-corrected chi connectivity index (χ4v) is 8.78. The summed E-state index contributed by atoms with van der Waals surface area (Å²) in [6.45, 7) is 0.770. The maximum Gasteiger partial charge on any atom is 0.274 e. The van der Waals surface area contributed by atoms with Crippen LogP contribution >= 0.6 is 11.8 Å². The van der Waals surface area contributed by atoms with Gasteiger partial charge < -0.3 is 44.7 Å². The van der Waals surface area contributed by atoms with Gasteiger partial charge in [-0.05, 0) is 70.5 Å². The van der Waals surface area contributed by atoms with Crippen molar-refractivity contribution in [1.82, 2.24) is 30.9 Å². The van der Waals surface area contributed by atoms with Crippen LogP contribution in [-0.4, -0.2) is 94.7 Å². The van der Waals surface area contributed by atoms with Crippen molar-refractivity contribution in [2.45, 2.75) is 47.9 Å². The summed E-state index contributed by atoms with van der Waals surface area (Å²) in [5.41, 5.74) is 3.31. The van der Waals surface area contributed by atoms with E-state index in [4.69, 9.17) is 23.7 Å². The Morgan fingerprint density at radius 2 is 0.810 bits per heavy atom. The number of pyridine rings is 3. The zero-order chi connectivity index (χ0) is 61.0. The minimum atomic E-state index is -3.72. The van der Waals surface area contributed by atoms with Gasteiger partial charge in [-0.3, -0.25) is 14.4 Å². The standard InChI is InChI=1S/C22H21FN2O5S.C22H21FN2O3S.C15H15FN2O5S/c1-29-18-12-19(31(2,27)28)25-20(21(18)30-14-16-6-4-3-5-7-16)22(26)24-13-15-8-10-17(23)11-9-15;1-27-18-12-19(29-2)25-20(21(18)28-14-16-6-4-3-5-7-16)22(26)24-13-15-8-10-17(23)11-9-15;1-23-11-7-12(24(2,21)22)18-13(14(11)19)15(20)17-8-9-3-5-10(16)6-4-9/h3-12H,13-14H2,1-2H3,(H,24,26);3-12H,13-14H2,1-2H3,(H,24,26);3-7,19H,8H2,1-2H3,(H,17,20). The number of methoxy groups -OCH3 is 3. The van der Waals surface area contributed by atoms with Gasteiger partial charge in [0.25, 0.3) is 17.7 Å². The third kappa shape index (κ3) is 18.7. The lowest BCUT2D eigenvalue weighted by molar-refractivity contribution is 0.0931. The monoisotopic (exact) mass is 1210 g/mol. The van der Waals surface area contributed by atoms with E-state index in [0.29, 0.717) is 21.9 Å². The second-order valence-electron chi connectivity index (χ2n) is 17.8. The number of carbonyl (C=O) groups excluding carboxylic acids is 3. The average Bonchev–Trinajstić information content (AvgIpc) is 2.55. The summed E-state index contributed by atoms with van der Waals surface area (Å²) >= 11 is 1.40. The van der Waals surface area contributed by atoms with Crippen LogP contribution in [0.5, 0.6) is 34.5 Å². The number of ether oxygens (including phenoxy) is 5. The van der Waals surface area contributed by atoms with Crippen molar-refractivity contribution in [3.63, 3.8) is 0 Å². The summed E-state index contributed by atoms with van der Waals surface area (Å²) < 4.78 is 114. The van der Waals surface area contributed by atoms with Crippen molar-refractivity contribution >= 4 is 49.2 Å². The molecule has 0 fully saturated rings. The first-order valence-corrected chi connectivity index (χ1v) is 29.9. The highest BCUT2D eigenvalue weighted by Crippen LogP contribution is 2.36. The number of nitrogens with zero attached hydrogens (tertiary/aromatic N) is 3. The SMILES string of the molecule is COc1cc(S(C)(=O)=O)nc(C(=O)NCc2ccc(F)cc2)c1O.COc1cc(S(C)(=O)=O)nc(C(=O)NCc2ccc(F)cc2)c1OCc1ccccc1.COc1cc(SC)nc(C(=O)NCc2ccc(F)cc2)c1OCc1ccccc1. The van der Waals surface area contributed by atoms with Crippen LogP contribution in [0.4, 0.5) is 13.2 Å². The van der Waals surface area contributed by atoms with Crippen LogP contribution in [-0.2, 0) is 52.5 Å². The third-order valence-corrected chi connectivity index (χ3v) is 14.2. The summed E-state index contributed by atoms with van der Waals surface area (Å²) in [5.74, 6) is -2.90. The Kier molecular flexibility index (Phi) is 23.0. The minimum Gasteiger partial charge on any atom is -0.503 e. The van der Waals surface area contributed by atoms with Crippen LogP contribution in [0.15, 0.2) is 167 Å². The van der Waals surface area contributed by atoms with Gasteiger partial charge in [0.2, 0.25) is 0 Å². The highest BCUT2D eigenvalue weighted by molar-refractivity contribution is 7.98. The van der Waals surface area contributed by atoms with Gasteiger partial charge in [-0.15, -0.1) is 11.8 Å². The molecule has 8 aromatic rings. The fraction of sp³-hybridized carbons (Fsp3) is 0.186. The number of halogens is 3. The van der Waals surface area contributed by atoms with Crippen molar-refractivity contribution in [3.8, 4) is 34.5 Å². The summed E-state index contributed by atoms with van der Waals surface area (Å²) in [6, 6.07) is 39.9. The molecule has 0 atom stereocenters. The summed E-state index contributed by atoms with van der Waals surface area (Å²) in [7, 11) is -3.33. The first-order valence-electron chi connectivity index (χ1n) is 24.9. The first-order chi connectivity index (χ1) is 40.1. The summed E-state index contributed by atoms with van der Waals surface area (Å²) in [5, 5.41) is 17.8. The predicted octanol–water partition coefficient (Wildman–Crippen LogP) is 8.87. The number of hydrogen-bond acceptors (Lipinski definition) is 17. The van der Waals surface area contributed by atoms with Crippen LogP contribution in [0.25, 0.3) is 0 Å². The van der Waals surface area contributed by atoms with Gasteiger partial charge in [-0.2, -0.15) is 0 Å². The molecule has 0 unspecified atom stereocenters. The van der Waals surface area contributed by atoms with Gasteiger partial charge >= 0.3 is 0 Å². The molecule has 0 saturated carbocycles. The van der Waals surface area contributed by atoms with E-state index >= 15 is 0 Å². The number of amides is 3. The van der Waals surface area contributed by atoms with Crippen LogP contribution < -0.4 is 39.6 Å². The highest BCUT2D eigenvalue weighted by Gasteiger charge is 2.26. The molecule has 84 heavy (non-hydrogen) atoms. The molecule has 5 aromatic carbocycles. The molecule has 8 rings (SSSR count). The van der Waals surface area contributed by atoms with E-state index in [2.05, 4.69) is 30.9 Å². The zero-order valence-electron chi connectivity index (χ0n) is 46.0. The molecule has 0 aliphatic carbocycles. The number of rotatable bonds is 21. The van der Waals surface area contributed by atoms with Crippen LogP contribution in [0.1, 0.15) is 59.3 Å². The van der Waals surface area contributed by atoms with Gasteiger partial charge in [0.1, 0.15) is 35.7 Å². The summed E-state index contributed by atoms with van der Waals surface area (Å²) in [4.78, 5) is 50.1. The maximum absolute atomic E-state index is 13.1. The van der Waals surface area contributed by atoms with Crippen molar-refractivity contribution < 1.29 is 73.2 Å². The van der Waals surface area contributed by atoms with Crippen molar-refractivity contribution in [3.05, 3.63) is 214 Å². The lowest BCUT2D eigenvalue weighted by Crippen LogP contribution is -2.25. The Labute approximate surface area is 487 Å². The third-order valence-electron chi connectivity index (χ3n) is 11.6. The molecule has 19 nitrogen and oxygen atoms in total. The maximum atomic E-state index is 13.1. The largest absolute Gasteiger partial charge is 0.503 e. The van der Waals surface area contributed by atoms with Crippen LogP contribution in [0.3, 0.4) is 0 Å². The van der Waals surface area contributed by atoms with Gasteiger partial charge in [0.15, 0.2) is 81.3 Å². The zero-order valence-corrected chi connectivity index (χ0v) is 48.5. The lowest BCUT2D eigenvalue weighted by atomic mass is 10.2. The normalized spacial score (nSPS) is 10.9. The van der Waals surface area contributed by atoms with Crippen molar-refractivity contribution in [2.24, 2.45) is 0 Å². The molecule has 0 aliphatic rings. The van der Waals surface area contributed by atoms with E-state index in [1.54, 1.807) is 18.2 Å². The van der Waals surface area contributed by atoms with Gasteiger partial charge in [0, 0.05) is 50.3 Å². The number of thioether (sulfide) groups is 1. The predicted molar refractivity (Wildman–Crippen MR) is 306 cm³/mol. The Bertz CT molecular complexity index is 3780. The average molecular weight is 1210 g/mol. The highest BCUT2D eigenvalue weighted by atomic mass is 32.2. The quantitative estimate of drug-likeness (QED) is 0.0490. The topological polar surface area (TPSA) is 261 Å². The second kappa shape index (κ2) is 30.2. The Morgan fingerprint density at radius 1 is 0.476 bits per heavy atom. The molecule has 4 N–H and O–H groups in total. The molecular weight excluding hydrogens is 1150 g/mol. The smallest absolute Gasteiger partial charge is 0.274 e. The lowest BCUT2D eigenvalue weighted by Gasteiger charge is -2.16. The molecule has 440 valence electrons. The summed E-state index contributed by atoms with van der Waals surface area (Å²) in [6.07, 6.45) is 3.78. The van der Waals surface area contributed by atoms with Gasteiger partial charge in [-0.1, -0.05) is 97.1 Å². The number of aromatic nitrogens is 3. The molecule has 0 aliphatic heterocycles. The number of hydrogen-bond donors (Lipinski definition) is 4. The molecule has 0 radical (unpaired) electrons. The van der Waals surface area contributed by atoms with E-state index in [0.717, 1.165) is 35.3 Å². The minimum absolute atomic E-state index is 0.0235. The molecule has 3 aromatic heterocycles. The molecule has 25 heteroatoms. The van der Waals surface area contributed by atoms with Crippen molar-refractivity contribution in [2.75, 3.05) is 40.1 Å². The van der Waals surface area contributed by atoms with Crippen LogP contribution in [0.2, 0.25) is 0 Å².